The first-order valence-corrected chi connectivity index (χ1v) is 9.99. The van der Waals surface area contributed by atoms with Crippen molar-refractivity contribution < 1.29 is 22.7 Å². The molecule has 4 rings (SSSR count). The molecule has 33 heavy (non-hydrogen) atoms. The first-order valence-electron chi connectivity index (χ1n) is 9.61. The van der Waals surface area contributed by atoms with Crippen molar-refractivity contribution in [2.75, 3.05) is 12.4 Å². The molecule has 0 atom stereocenters. The van der Waals surface area contributed by atoms with Crippen molar-refractivity contribution in [3.05, 3.63) is 88.9 Å². The van der Waals surface area contributed by atoms with E-state index in [1.54, 1.807) is 48.5 Å². The molecular weight excluding hydrogens is 457 g/mol. The van der Waals surface area contributed by atoms with Gasteiger partial charge in [0.2, 0.25) is 0 Å². The molecule has 1 heterocycles. The zero-order valence-corrected chi connectivity index (χ0v) is 17.9. The highest BCUT2D eigenvalue weighted by Gasteiger charge is 2.31. The predicted octanol–water partition coefficient (Wildman–Crippen LogP) is 5.87. The number of nitrogens with zero attached hydrogens (tertiary/aromatic N) is 3. The summed E-state index contributed by atoms with van der Waals surface area (Å²) in [7, 11) is 1.36. The molecule has 10 heteroatoms. The fourth-order valence-corrected chi connectivity index (χ4v) is 3.33. The van der Waals surface area contributed by atoms with Crippen LogP contribution in [0.25, 0.3) is 17.1 Å². The number of aromatic nitrogens is 3. The van der Waals surface area contributed by atoms with Crippen molar-refractivity contribution in [1.82, 2.24) is 14.8 Å². The van der Waals surface area contributed by atoms with Gasteiger partial charge < -0.3 is 10.1 Å². The fourth-order valence-electron chi connectivity index (χ4n) is 3.11. The average molecular weight is 473 g/mol. The number of benzene rings is 3. The van der Waals surface area contributed by atoms with Gasteiger partial charge in [-0.15, -0.1) is 5.10 Å². The largest absolute Gasteiger partial charge is 0.466 e. The standard InChI is InChI=1S/C23H16ClF3N4O2/c1-33-22-29-20(14-5-4-6-15(13-14)23(25,26)27)31(30-22)17-11-9-16(10-12-17)28-21(32)18-7-2-3-8-19(18)24/h2-13H,1H3,(H,28,32). The smallest absolute Gasteiger partial charge is 0.416 e. The summed E-state index contributed by atoms with van der Waals surface area (Å²) in [6.45, 7) is 0. The van der Waals surface area contributed by atoms with Crippen molar-refractivity contribution in [3.8, 4) is 23.1 Å². The molecule has 0 aliphatic carbocycles. The summed E-state index contributed by atoms with van der Waals surface area (Å²) in [5.41, 5.74) is 0.754. The van der Waals surface area contributed by atoms with Crippen LogP contribution in [0.3, 0.4) is 0 Å². The molecule has 1 amide bonds. The highest BCUT2D eigenvalue weighted by atomic mass is 35.5. The molecule has 0 fully saturated rings. The fraction of sp³-hybridized carbons (Fsp3) is 0.0870. The van der Waals surface area contributed by atoms with Gasteiger partial charge in [-0.3, -0.25) is 4.79 Å². The third kappa shape index (κ3) is 4.83. The van der Waals surface area contributed by atoms with E-state index in [4.69, 9.17) is 16.3 Å². The first kappa shape index (κ1) is 22.3. The summed E-state index contributed by atoms with van der Waals surface area (Å²) >= 11 is 6.06. The lowest BCUT2D eigenvalue weighted by Gasteiger charge is -2.10. The van der Waals surface area contributed by atoms with Gasteiger partial charge in [-0.2, -0.15) is 18.2 Å². The van der Waals surface area contributed by atoms with E-state index in [0.29, 0.717) is 22.0 Å². The summed E-state index contributed by atoms with van der Waals surface area (Å²) < 4.78 is 45.9. The summed E-state index contributed by atoms with van der Waals surface area (Å²) in [5.74, 6) is -0.203. The number of rotatable bonds is 5. The van der Waals surface area contributed by atoms with E-state index in [1.807, 2.05) is 0 Å². The number of amides is 1. The second-order valence-corrected chi connectivity index (χ2v) is 7.30. The third-order valence-corrected chi connectivity index (χ3v) is 5.04. The Kier molecular flexibility index (Phi) is 6.06. The maximum atomic E-state index is 13.2. The van der Waals surface area contributed by atoms with Gasteiger partial charge in [-0.05, 0) is 48.5 Å². The van der Waals surface area contributed by atoms with E-state index in [0.717, 1.165) is 12.1 Å². The molecule has 1 aromatic heterocycles. The van der Waals surface area contributed by atoms with Crippen LogP contribution in [-0.4, -0.2) is 27.8 Å². The number of methoxy groups -OCH3 is 1. The Bertz CT molecular complexity index is 1300. The second-order valence-electron chi connectivity index (χ2n) is 6.89. The topological polar surface area (TPSA) is 69.0 Å². The van der Waals surface area contributed by atoms with Crippen LogP contribution in [0.2, 0.25) is 5.02 Å². The SMILES string of the molecule is COc1nc(-c2cccc(C(F)(F)F)c2)n(-c2ccc(NC(=O)c3ccccc3Cl)cc2)n1. The van der Waals surface area contributed by atoms with Gasteiger partial charge in [0.15, 0.2) is 5.82 Å². The number of alkyl halides is 3. The maximum Gasteiger partial charge on any atom is 0.416 e. The summed E-state index contributed by atoms with van der Waals surface area (Å²) in [4.78, 5) is 16.6. The van der Waals surface area contributed by atoms with Gasteiger partial charge >= 0.3 is 12.2 Å². The summed E-state index contributed by atoms with van der Waals surface area (Å²) in [6, 6.07) is 18.0. The summed E-state index contributed by atoms with van der Waals surface area (Å²) in [5, 5.41) is 7.29. The van der Waals surface area contributed by atoms with E-state index < -0.39 is 11.7 Å². The maximum absolute atomic E-state index is 13.2. The van der Waals surface area contributed by atoms with Crippen molar-refractivity contribution in [2.45, 2.75) is 6.18 Å². The minimum Gasteiger partial charge on any atom is -0.466 e. The quantitative estimate of drug-likeness (QED) is 0.394. The molecule has 0 spiro atoms. The van der Waals surface area contributed by atoms with Crippen LogP contribution in [0.4, 0.5) is 18.9 Å². The van der Waals surface area contributed by atoms with Crippen molar-refractivity contribution in [3.63, 3.8) is 0 Å². The molecule has 0 bridgehead atoms. The molecular formula is C23H16ClF3N4O2. The molecule has 0 saturated carbocycles. The Morgan fingerprint density at radius 3 is 2.42 bits per heavy atom. The van der Waals surface area contributed by atoms with Crippen LogP contribution in [0.5, 0.6) is 6.01 Å². The van der Waals surface area contributed by atoms with Crippen LogP contribution in [0.15, 0.2) is 72.8 Å². The van der Waals surface area contributed by atoms with E-state index in [2.05, 4.69) is 15.4 Å². The van der Waals surface area contributed by atoms with Gasteiger partial charge in [-0.1, -0.05) is 35.9 Å². The zero-order chi connectivity index (χ0) is 23.6. The molecule has 168 valence electrons. The van der Waals surface area contributed by atoms with Gasteiger partial charge in [0, 0.05) is 11.3 Å². The van der Waals surface area contributed by atoms with Crippen LogP contribution in [0.1, 0.15) is 15.9 Å². The number of carbonyl (C=O) groups excluding carboxylic acids is 1. The minimum absolute atomic E-state index is 0.00138. The van der Waals surface area contributed by atoms with Crippen LogP contribution in [0, 0.1) is 0 Å². The Hall–Kier alpha value is -3.85. The lowest BCUT2D eigenvalue weighted by atomic mass is 10.1. The lowest BCUT2D eigenvalue weighted by molar-refractivity contribution is -0.137. The molecule has 0 aliphatic heterocycles. The van der Waals surface area contributed by atoms with E-state index >= 15 is 0 Å². The molecule has 4 aromatic rings. The number of anilines is 1. The molecule has 0 unspecified atom stereocenters. The first-order chi connectivity index (χ1) is 15.8. The second kappa shape index (κ2) is 8.95. The predicted molar refractivity (Wildman–Crippen MR) is 118 cm³/mol. The molecule has 0 radical (unpaired) electrons. The van der Waals surface area contributed by atoms with Crippen LogP contribution >= 0.6 is 11.6 Å². The van der Waals surface area contributed by atoms with Crippen molar-refractivity contribution in [2.24, 2.45) is 0 Å². The minimum atomic E-state index is -4.49. The Morgan fingerprint density at radius 2 is 1.76 bits per heavy atom. The van der Waals surface area contributed by atoms with Crippen molar-refractivity contribution in [1.29, 1.82) is 0 Å². The Labute approximate surface area is 191 Å². The average Bonchev–Trinajstić information content (AvgIpc) is 3.24. The summed E-state index contributed by atoms with van der Waals surface area (Å²) in [6.07, 6.45) is -4.49. The van der Waals surface area contributed by atoms with Gasteiger partial charge in [-0.25, -0.2) is 4.68 Å². The lowest BCUT2D eigenvalue weighted by Crippen LogP contribution is -2.12. The number of ether oxygens (including phenoxy) is 1. The van der Waals surface area contributed by atoms with Crippen molar-refractivity contribution >= 4 is 23.2 Å². The number of hydrogen-bond acceptors (Lipinski definition) is 4. The molecule has 1 N–H and O–H groups in total. The highest BCUT2D eigenvalue weighted by molar-refractivity contribution is 6.34. The Morgan fingerprint density at radius 1 is 1.03 bits per heavy atom. The van der Waals surface area contributed by atoms with E-state index in [1.165, 1.54) is 23.9 Å². The molecule has 6 nitrogen and oxygen atoms in total. The Balaban J connectivity index is 1.64. The van der Waals surface area contributed by atoms with Gasteiger partial charge in [0.25, 0.3) is 5.91 Å². The number of nitrogens with one attached hydrogen (secondary N) is 1. The molecule has 3 aromatic carbocycles. The normalized spacial score (nSPS) is 11.3. The number of carbonyl (C=O) groups is 1. The number of halogens is 4. The highest BCUT2D eigenvalue weighted by Crippen LogP contribution is 2.33. The molecule has 0 saturated heterocycles. The third-order valence-electron chi connectivity index (χ3n) is 4.71. The van der Waals surface area contributed by atoms with E-state index in [9.17, 15) is 18.0 Å². The van der Waals surface area contributed by atoms with Crippen LogP contribution in [-0.2, 0) is 6.18 Å². The molecule has 0 aliphatic rings. The monoisotopic (exact) mass is 472 g/mol. The van der Waals surface area contributed by atoms with Gasteiger partial charge in [0.05, 0.1) is 28.9 Å². The van der Waals surface area contributed by atoms with Gasteiger partial charge in [0.1, 0.15) is 0 Å². The number of hydrogen-bond donors (Lipinski definition) is 1. The van der Waals surface area contributed by atoms with Crippen LogP contribution < -0.4 is 10.1 Å². The zero-order valence-electron chi connectivity index (χ0n) is 17.1. The van der Waals surface area contributed by atoms with E-state index in [-0.39, 0.29) is 23.3 Å².